The number of halogens is 1. The Morgan fingerprint density at radius 1 is 1.40 bits per heavy atom. The van der Waals surface area contributed by atoms with E-state index in [9.17, 15) is 0 Å². The first-order chi connectivity index (χ1) is 7.16. The number of alkyl halides is 1. The molecule has 2 heterocycles. The lowest BCUT2D eigenvalue weighted by Gasteiger charge is -1.93. The third kappa shape index (κ3) is 2.12. The van der Waals surface area contributed by atoms with Crippen molar-refractivity contribution in [2.45, 2.75) is 19.2 Å². The van der Waals surface area contributed by atoms with Crippen LogP contribution in [0.4, 0.5) is 0 Å². The first-order valence-electron chi connectivity index (χ1n) is 4.44. The molecule has 0 saturated carbocycles. The predicted molar refractivity (Wildman–Crippen MR) is 54.3 cm³/mol. The summed E-state index contributed by atoms with van der Waals surface area (Å²) in [7, 11) is 0. The molecule has 5 nitrogen and oxygen atoms in total. The minimum Gasteiger partial charge on any atom is -0.332 e. The highest BCUT2D eigenvalue weighted by Gasteiger charge is 2.13. The van der Waals surface area contributed by atoms with Gasteiger partial charge in [0.15, 0.2) is 5.82 Å². The normalized spacial score (nSPS) is 12.7. The third-order valence-corrected chi connectivity index (χ3v) is 1.99. The monoisotopic (exact) mass is 224 g/mol. The van der Waals surface area contributed by atoms with Crippen molar-refractivity contribution in [3.63, 3.8) is 0 Å². The number of rotatable bonds is 2. The molecule has 6 heteroatoms. The van der Waals surface area contributed by atoms with E-state index in [4.69, 9.17) is 16.1 Å². The van der Waals surface area contributed by atoms with Crippen LogP contribution < -0.4 is 0 Å². The molecule has 78 valence electrons. The van der Waals surface area contributed by atoms with Crippen LogP contribution in [-0.4, -0.2) is 20.1 Å². The van der Waals surface area contributed by atoms with Gasteiger partial charge in [-0.3, -0.25) is 0 Å². The second-order valence-electron chi connectivity index (χ2n) is 3.06. The van der Waals surface area contributed by atoms with E-state index in [1.54, 1.807) is 26.1 Å². The van der Waals surface area contributed by atoms with Gasteiger partial charge in [-0.2, -0.15) is 4.98 Å². The van der Waals surface area contributed by atoms with Gasteiger partial charge in [0.05, 0.1) is 5.38 Å². The summed E-state index contributed by atoms with van der Waals surface area (Å²) in [5.74, 6) is 1.48. The SMILES string of the molecule is Cc1nccc(-c2nc(C(C)Cl)no2)n1. The number of hydrogen-bond donors (Lipinski definition) is 0. The molecule has 0 amide bonds. The Labute approximate surface area is 91.5 Å². The van der Waals surface area contributed by atoms with E-state index in [0.717, 1.165) is 0 Å². The molecule has 2 aromatic rings. The molecule has 0 radical (unpaired) electrons. The van der Waals surface area contributed by atoms with E-state index in [2.05, 4.69) is 20.1 Å². The van der Waals surface area contributed by atoms with E-state index in [-0.39, 0.29) is 5.38 Å². The summed E-state index contributed by atoms with van der Waals surface area (Å²) in [5.41, 5.74) is 0.610. The molecule has 0 spiro atoms. The van der Waals surface area contributed by atoms with Gasteiger partial charge in [-0.05, 0) is 19.9 Å². The van der Waals surface area contributed by atoms with Gasteiger partial charge in [0, 0.05) is 6.20 Å². The van der Waals surface area contributed by atoms with Crippen molar-refractivity contribution in [1.82, 2.24) is 20.1 Å². The zero-order valence-corrected chi connectivity index (χ0v) is 9.06. The molecule has 1 atom stereocenters. The Hall–Kier alpha value is -1.49. The lowest BCUT2D eigenvalue weighted by molar-refractivity contribution is 0.421. The van der Waals surface area contributed by atoms with E-state index < -0.39 is 0 Å². The topological polar surface area (TPSA) is 64.7 Å². The van der Waals surface area contributed by atoms with Crippen LogP contribution >= 0.6 is 11.6 Å². The summed E-state index contributed by atoms with van der Waals surface area (Å²) in [5, 5.41) is 3.47. The Morgan fingerprint density at radius 3 is 2.80 bits per heavy atom. The first-order valence-corrected chi connectivity index (χ1v) is 4.88. The summed E-state index contributed by atoms with van der Waals surface area (Å²) in [6.07, 6.45) is 1.64. The smallest absolute Gasteiger partial charge is 0.276 e. The van der Waals surface area contributed by atoms with Crippen molar-refractivity contribution in [2.75, 3.05) is 0 Å². The second kappa shape index (κ2) is 3.94. The van der Waals surface area contributed by atoms with Crippen LogP contribution in [-0.2, 0) is 0 Å². The van der Waals surface area contributed by atoms with E-state index in [1.165, 1.54) is 0 Å². The van der Waals surface area contributed by atoms with Gasteiger partial charge in [-0.25, -0.2) is 9.97 Å². The van der Waals surface area contributed by atoms with Gasteiger partial charge in [-0.1, -0.05) is 5.16 Å². The minimum atomic E-state index is -0.273. The molecular weight excluding hydrogens is 216 g/mol. The van der Waals surface area contributed by atoms with Gasteiger partial charge >= 0.3 is 0 Å². The number of aromatic nitrogens is 4. The fraction of sp³-hybridized carbons (Fsp3) is 0.333. The molecule has 0 aliphatic rings. The summed E-state index contributed by atoms with van der Waals surface area (Å²) >= 11 is 5.82. The molecule has 15 heavy (non-hydrogen) atoms. The lowest BCUT2D eigenvalue weighted by Crippen LogP contribution is -1.91. The number of hydrogen-bond acceptors (Lipinski definition) is 5. The fourth-order valence-electron chi connectivity index (χ4n) is 1.08. The summed E-state index contributed by atoms with van der Waals surface area (Å²) in [6, 6.07) is 1.71. The molecule has 1 unspecified atom stereocenters. The van der Waals surface area contributed by atoms with Gasteiger partial charge in [0.2, 0.25) is 0 Å². The van der Waals surface area contributed by atoms with Crippen LogP contribution in [0.15, 0.2) is 16.8 Å². The third-order valence-electron chi connectivity index (χ3n) is 1.79. The van der Waals surface area contributed by atoms with Gasteiger partial charge < -0.3 is 4.52 Å². The van der Waals surface area contributed by atoms with E-state index in [1.807, 2.05) is 0 Å². The van der Waals surface area contributed by atoms with Crippen LogP contribution in [0.2, 0.25) is 0 Å². The van der Waals surface area contributed by atoms with Crippen LogP contribution in [0.1, 0.15) is 23.9 Å². The van der Waals surface area contributed by atoms with E-state index in [0.29, 0.717) is 23.2 Å². The Balaban J connectivity index is 2.37. The summed E-state index contributed by atoms with van der Waals surface area (Å²) in [4.78, 5) is 12.3. The molecular formula is C9H9ClN4O. The maximum absolute atomic E-state index is 5.82. The van der Waals surface area contributed by atoms with Crippen LogP contribution in [0.5, 0.6) is 0 Å². The van der Waals surface area contributed by atoms with Crippen molar-refractivity contribution in [3.05, 3.63) is 23.9 Å². The second-order valence-corrected chi connectivity index (χ2v) is 3.72. The van der Waals surface area contributed by atoms with Crippen molar-refractivity contribution in [1.29, 1.82) is 0 Å². The van der Waals surface area contributed by atoms with Crippen LogP contribution in [0.25, 0.3) is 11.6 Å². The van der Waals surface area contributed by atoms with Crippen LogP contribution in [0, 0.1) is 6.92 Å². The molecule has 0 aromatic carbocycles. The standard InChI is InChI=1S/C9H9ClN4O/c1-5(10)8-13-9(15-14-8)7-3-4-11-6(2)12-7/h3-5H,1-2H3. The zero-order valence-electron chi connectivity index (χ0n) is 8.31. The van der Waals surface area contributed by atoms with Gasteiger partial charge in [0.25, 0.3) is 5.89 Å². The number of nitrogens with zero attached hydrogens (tertiary/aromatic N) is 4. The zero-order chi connectivity index (χ0) is 10.8. The maximum atomic E-state index is 5.82. The molecule has 0 aliphatic heterocycles. The largest absolute Gasteiger partial charge is 0.332 e. The van der Waals surface area contributed by atoms with Crippen molar-refractivity contribution in [2.24, 2.45) is 0 Å². The predicted octanol–water partition coefficient (Wildman–Crippen LogP) is 2.13. The summed E-state index contributed by atoms with van der Waals surface area (Å²) in [6.45, 7) is 3.58. The van der Waals surface area contributed by atoms with Crippen molar-refractivity contribution < 1.29 is 4.52 Å². The summed E-state index contributed by atoms with van der Waals surface area (Å²) < 4.78 is 5.03. The van der Waals surface area contributed by atoms with Crippen LogP contribution in [0.3, 0.4) is 0 Å². The highest BCUT2D eigenvalue weighted by Crippen LogP contribution is 2.20. The van der Waals surface area contributed by atoms with E-state index >= 15 is 0 Å². The highest BCUT2D eigenvalue weighted by molar-refractivity contribution is 6.20. The fourth-order valence-corrected chi connectivity index (χ4v) is 1.16. The molecule has 0 saturated heterocycles. The quantitative estimate of drug-likeness (QED) is 0.732. The molecule has 2 rings (SSSR count). The Bertz CT molecular complexity index is 469. The Kier molecular flexibility index (Phi) is 2.64. The van der Waals surface area contributed by atoms with Crippen molar-refractivity contribution >= 4 is 11.6 Å². The molecule has 2 aromatic heterocycles. The average molecular weight is 225 g/mol. The van der Waals surface area contributed by atoms with Gasteiger partial charge in [-0.15, -0.1) is 11.6 Å². The number of aryl methyl sites for hydroxylation is 1. The average Bonchev–Trinajstić information content (AvgIpc) is 2.66. The molecule has 0 bridgehead atoms. The van der Waals surface area contributed by atoms with Crippen molar-refractivity contribution in [3.8, 4) is 11.6 Å². The Morgan fingerprint density at radius 2 is 2.20 bits per heavy atom. The maximum Gasteiger partial charge on any atom is 0.276 e. The molecule has 0 aliphatic carbocycles. The highest BCUT2D eigenvalue weighted by atomic mass is 35.5. The molecule has 0 N–H and O–H groups in total. The first kappa shape index (κ1) is 10.0. The minimum absolute atomic E-state index is 0.273. The lowest BCUT2D eigenvalue weighted by atomic mass is 10.4. The van der Waals surface area contributed by atoms with Gasteiger partial charge in [0.1, 0.15) is 11.5 Å². The molecule has 0 fully saturated rings.